The van der Waals surface area contributed by atoms with Crippen molar-refractivity contribution in [1.82, 2.24) is 0 Å². The fourth-order valence-corrected chi connectivity index (χ4v) is 8.39. The molecule has 336 valence electrons. The molecule has 0 aromatic rings. The molecule has 15 heteroatoms. The second-order valence-corrected chi connectivity index (χ2v) is 17.8. The molecule has 1 unspecified atom stereocenters. The van der Waals surface area contributed by atoms with E-state index < -0.39 is 108 Å². The van der Waals surface area contributed by atoms with Gasteiger partial charge in [0, 0.05) is 56.4 Å². The number of fused-ring (bicyclic) bond motifs is 6. The fraction of sp³-hybridized carbons (Fsp3) is 0.733. The van der Waals surface area contributed by atoms with Crippen LogP contribution < -0.4 is 0 Å². The maximum atomic E-state index is 13.4. The number of hydrogen-bond donors (Lipinski definition) is 4. The van der Waals surface area contributed by atoms with Gasteiger partial charge in [0.15, 0.2) is 11.9 Å². The molecule has 4 aliphatic rings. The Morgan fingerprint density at radius 2 is 1.72 bits per heavy atom. The van der Waals surface area contributed by atoms with Gasteiger partial charge in [0.05, 0.1) is 55.6 Å². The Labute approximate surface area is 353 Å². The number of ether oxygens (including phenoxy) is 7. The zero-order valence-corrected chi connectivity index (χ0v) is 36.4. The summed E-state index contributed by atoms with van der Waals surface area (Å²) in [6.07, 6.45) is -1.91. The van der Waals surface area contributed by atoms with E-state index in [1.165, 1.54) is 21.0 Å². The second kappa shape index (κ2) is 20.5. The lowest BCUT2D eigenvalue weighted by Gasteiger charge is -2.53. The summed E-state index contributed by atoms with van der Waals surface area (Å²) in [7, 11) is 1.18. The predicted molar refractivity (Wildman–Crippen MR) is 216 cm³/mol. The minimum Gasteiger partial charge on any atom is -0.466 e. The van der Waals surface area contributed by atoms with E-state index in [4.69, 9.17) is 33.2 Å². The van der Waals surface area contributed by atoms with E-state index in [1.54, 1.807) is 39.8 Å². The summed E-state index contributed by atoms with van der Waals surface area (Å²) >= 11 is 0. The largest absolute Gasteiger partial charge is 0.466 e. The smallest absolute Gasteiger partial charge is 0.385 e. The van der Waals surface area contributed by atoms with Crippen molar-refractivity contribution in [1.29, 1.82) is 0 Å². The normalized spacial score (nSPS) is 36.3. The van der Waals surface area contributed by atoms with Crippen LogP contribution in [0.4, 0.5) is 0 Å². The first-order valence-electron chi connectivity index (χ1n) is 21.0. The number of rotatable bonds is 7. The zero-order chi connectivity index (χ0) is 44.6. The maximum absolute atomic E-state index is 13.4. The number of unbranched alkanes of at least 4 members (excludes halogenated alkanes) is 3. The third-order valence-electron chi connectivity index (χ3n) is 12.1. The summed E-state index contributed by atoms with van der Waals surface area (Å²) in [5, 5.41) is 47.2. The van der Waals surface area contributed by atoms with Crippen LogP contribution in [0.3, 0.4) is 0 Å². The van der Waals surface area contributed by atoms with Crippen LogP contribution in [-0.4, -0.2) is 118 Å². The maximum Gasteiger partial charge on any atom is 0.385 e. The molecule has 0 amide bonds. The van der Waals surface area contributed by atoms with Crippen LogP contribution in [0, 0.1) is 22.7 Å². The van der Waals surface area contributed by atoms with Gasteiger partial charge < -0.3 is 53.6 Å². The average Bonchev–Trinajstić information content (AvgIpc) is 3.13. The Morgan fingerprint density at radius 3 is 2.37 bits per heavy atom. The third-order valence-corrected chi connectivity index (χ3v) is 12.1. The summed E-state index contributed by atoms with van der Waals surface area (Å²) in [4.78, 5) is 51.7. The summed E-state index contributed by atoms with van der Waals surface area (Å²) in [6, 6.07) is 0. The van der Waals surface area contributed by atoms with Gasteiger partial charge >= 0.3 is 23.9 Å². The van der Waals surface area contributed by atoms with Gasteiger partial charge in [-0.2, -0.15) is 0 Å². The van der Waals surface area contributed by atoms with Crippen molar-refractivity contribution in [2.75, 3.05) is 7.11 Å². The van der Waals surface area contributed by atoms with E-state index in [2.05, 4.69) is 18.4 Å². The van der Waals surface area contributed by atoms with Gasteiger partial charge in [0.1, 0.15) is 12.2 Å². The van der Waals surface area contributed by atoms with Gasteiger partial charge in [0.2, 0.25) is 5.79 Å². The fourth-order valence-electron chi connectivity index (χ4n) is 8.39. The molecule has 3 saturated heterocycles. The van der Waals surface area contributed by atoms with Crippen molar-refractivity contribution in [2.45, 2.75) is 192 Å². The molecule has 4 heterocycles. The summed E-state index contributed by atoms with van der Waals surface area (Å²) in [5.41, 5.74) is -1.65. The van der Waals surface area contributed by atoms with Crippen LogP contribution >= 0.6 is 0 Å². The predicted octanol–water partition coefficient (Wildman–Crippen LogP) is 4.41. The SMILES string of the molecule is C=C1C[C@H]2C[C@]3(O)O[C@H](C[C@@H](O)CC(=O)OC([C@@H](C)O)C[C@@H]4C/C(=C\C(=O)OC)[C@H](OC(=O)C#CCCCCC)[C@@](O)(O4)C(C)(C)/C=C/[C@@H](C1)O2)C[C@H](OC(C)=O)C3(C)C. The minimum absolute atomic E-state index is 0.0802. The van der Waals surface area contributed by atoms with Crippen LogP contribution in [0.15, 0.2) is 36.0 Å². The lowest BCUT2D eigenvalue weighted by molar-refractivity contribution is -0.348. The molecule has 11 atom stereocenters. The number of hydrogen-bond acceptors (Lipinski definition) is 15. The molecule has 0 spiro atoms. The van der Waals surface area contributed by atoms with Crippen molar-refractivity contribution >= 4 is 23.9 Å². The number of carbonyl (C=O) groups excluding carboxylic acids is 4. The topological polar surface area (TPSA) is 214 Å². The van der Waals surface area contributed by atoms with Crippen LogP contribution in [0.5, 0.6) is 0 Å². The average molecular weight is 847 g/mol. The van der Waals surface area contributed by atoms with Crippen LogP contribution in [-0.2, 0) is 52.3 Å². The number of aliphatic hydroxyl groups excluding tert-OH is 2. The van der Waals surface area contributed by atoms with E-state index in [-0.39, 0.29) is 37.7 Å². The number of carbonyl (C=O) groups is 4. The molecule has 0 saturated carbocycles. The number of esters is 4. The third kappa shape index (κ3) is 12.3. The lowest BCUT2D eigenvalue weighted by Crippen LogP contribution is -2.62. The molecule has 4 aliphatic heterocycles. The standard InChI is InChI=1S/C45H66O15/c1-10-11-12-13-14-15-38(49)58-41-30(21-39(50)54-9)20-33-24-36(28(3)46)57-40(51)23-31(48)22-34-25-37(55-29(4)47)43(7,8)44(52,59-34)26-35-19-27(2)18-32(56-35)16-17-42(5,6)45(41,53)60-33/h16-17,21,28,31-37,41,46,48,52-53H,2,10-13,18-20,22-26H2,1,3-9H3/b17-16+,30-21+/t28-,31-,32+,33+,34-,35+,36?,37+,41+,44+,45-/m1/s1. The number of cyclic esters (lactones) is 1. The van der Waals surface area contributed by atoms with Gasteiger partial charge in [-0.05, 0) is 38.2 Å². The van der Waals surface area contributed by atoms with E-state index in [1.807, 2.05) is 6.92 Å². The number of aliphatic hydroxyl groups is 4. The highest BCUT2D eigenvalue weighted by atomic mass is 16.7. The molecule has 4 rings (SSSR count). The van der Waals surface area contributed by atoms with Crippen molar-refractivity contribution in [3.8, 4) is 11.8 Å². The first-order chi connectivity index (χ1) is 28.0. The highest BCUT2D eigenvalue weighted by Gasteiger charge is 2.59. The number of methoxy groups -OCH3 is 1. The molecule has 0 aromatic carbocycles. The highest BCUT2D eigenvalue weighted by Crippen LogP contribution is 2.50. The molecule has 0 radical (unpaired) electrons. The van der Waals surface area contributed by atoms with Crippen molar-refractivity contribution in [2.24, 2.45) is 10.8 Å². The van der Waals surface area contributed by atoms with Gasteiger partial charge in [-0.1, -0.05) is 77.7 Å². The first kappa shape index (κ1) is 49.0. The second-order valence-electron chi connectivity index (χ2n) is 17.8. The minimum atomic E-state index is -2.41. The van der Waals surface area contributed by atoms with Crippen LogP contribution in [0.2, 0.25) is 0 Å². The molecule has 60 heavy (non-hydrogen) atoms. The van der Waals surface area contributed by atoms with Gasteiger partial charge in [-0.15, -0.1) is 0 Å². The molecule has 15 nitrogen and oxygen atoms in total. The van der Waals surface area contributed by atoms with E-state index >= 15 is 0 Å². The Balaban J connectivity index is 1.82. The van der Waals surface area contributed by atoms with E-state index in [0.29, 0.717) is 19.3 Å². The van der Waals surface area contributed by atoms with E-state index in [0.717, 1.165) is 30.9 Å². The molecule has 0 aromatic heterocycles. The Hall–Kier alpha value is -3.62. The first-order valence-corrected chi connectivity index (χ1v) is 21.0. The van der Waals surface area contributed by atoms with Crippen LogP contribution in [0.1, 0.15) is 126 Å². The molecule has 3 fully saturated rings. The van der Waals surface area contributed by atoms with Gasteiger partial charge in [-0.25, -0.2) is 9.59 Å². The Bertz CT molecular complexity index is 1690. The Kier molecular flexibility index (Phi) is 16.8. The summed E-state index contributed by atoms with van der Waals surface area (Å²) < 4.78 is 41.6. The molecule has 0 aliphatic carbocycles. The van der Waals surface area contributed by atoms with Crippen molar-refractivity contribution < 1.29 is 72.8 Å². The zero-order valence-electron chi connectivity index (χ0n) is 36.4. The van der Waals surface area contributed by atoms with Gasteiger partial charge in [-0.3, -0.25) is 9.59 Å². The molecule has 6 bridgehead atoms. The van der Waals surface area contributed by atoms with Gasteiger partial charge in [0.25, 0.3) is 0 Å². The summed E-state index contributed by atoms with van der Waals surface area (Å²) in [6.45, 7) is 15.7. The molecular formula is C45H66O15. The summed E-state index contributed by atoms with van der Waals surface area (Å²) in [5.74, 6) is -2.23. The van der Waals surface area contributed by atoms with Crippen molar-refractivity contribution in [3.63, 3.8) is 0 Å². The lowest BCUT2D eigenvalue weighted by atomic mass is 9.70. The highest BCUT2D eigenvalue weighted by molar-refractivity contribution is 5.89. The van der Waals surface area contributed by atoms with Crippen molar-refractivity contribution in [3.05, 3.63) is 36.0 Å². The van der Waals surface area contributed by atoms with Crippen LogP contribution in [0.25, 0.3) is 0 Å². The monoisotopic (exact) mass is 846 g/mol. The molecular weight excluding hydrogens is 780 g/mol. The quantitative estimate of drug-likeness (QED) is 0.0532. The Morgan fingerprint density at radius 1 is 1.00 bits per heavy atom. The molecule has 4 N–H and O–H groups in total. The van der Waals surface area contributed by atoms with E-state index in [9.17, 15) is 39.6 Å².